The van der Waals surface area contributed by atoms with Gasteiger partial charge in [-0.3, -0.25) is 9.52 Å². The van der Waals surface area contributed by atoms with Gasteiger partial charge in [0.25, 0.3) is 5.56 Å². The van der Waals surface area contributed by atoms with E-state index in [0.717, 1.165) is 47.6 Å². The van der Waals surface area contributed by atoms with Crippen molar-refractivity contribution in [2.45, 2.75) is 19.3 Å². The highest BCUT2D eigenvalue weighted by molar-refractivity contribution is 7.92. The average molecular weight is 370 g/mol. The first-order chi connectivity index (χ1) is 12.3. The molecule has 2 aromatic carbocycles. The number of aromatic nitrogens is 1. The van der Waals surface area contributed by atoms with Crippen molar-refractivity contribution in [3.63, 3.8) is 0 Å². The third-order valence-electron chi connectivity index (χ3n) is 4.70. The Morgan fingerprint density at radius 3 is 2.42 bits per heavy atom. The molecule has 0 atom stereocenters. The Morgan fingerprint density at radius 1 is 1.04 bits per heavy atom. The number of hydrogen-bond acceptors (Lipinski definition) is 4. The number of sulfonamides is 1. The number of phenolic OH excluding ortho intramolecular Hbond substituents is 1. The van der Waals surface area contributed by atoms with E-state index < -0.39 is 10.0 Å². The first-order valence-corrected chi connectivity index (χ1v) is 10.2. The standard InChI is InChI=1S/C19H18N2O4S/c1-26(24,25)21-12-7-5-11(6-8-12)17-16(22)10-9-15-18(17)13-3-2-4-14(13)19(23)20-15/h5-10,21-22H,2-4H2,1H3,(H,20,23). The SMILES string of the molecule is CS(=O)(=O)Nc1ccc(-c2c(O)ccc3[nH]c(=O)c4c(c23)CCC4)cc1. The zero-order chi connectivity index (χ0) is 18.5. The Morgan fingerprint density at radius 2 is 1.73 bits per heavy atom. The molecule has 3 N–H and O–H groups in total. The van der Waals surface area contributed by atoms with Crippen LogP contribution in [0.1, 0.15) is 17.5 Å². The number of hydrogen-bond donors (Lipinski definition) is 3. The Kier molecular flexibility index (Phi) is 3.77. The van der Waals surface area contributed by atoms with Crippen molar-refractivity contribution in [2.24, 2.45) is 0 Å². The number of pyridine rings is 1. The molecule has 1 aromatic heterocycles. The highest BCUT2D eigenvalue weighted by Gasteiger charge is 2.22. The van der Waals surface area contributed by atoms with Crippen LogP contribution in [0.2, 0.25) is 0 Å². The van der Waals surface area contributed by atoms with E-state index in [2.05, 4.69) is 9.71 Å². The maximum absolute atomic E-state index is 12.3. The number of aryl methyl sites for hydroxylation is 1. The third-order valence-corrected chi connectivity index (χ3v) is 5.31. The summed E-state index contributed by atoms with van der Waals surface area (Å²) in [6, 6.07) is 10.1. The molecule has 0 saturated carbocycles. The summed E-state index contributed by atoms with van der Waals surface area (Å²) < 4.78 is 25.1. The molecule has 0 fully saturated rings. The molecule has 3 aromatic rings. The topological polar surface area (TPSA) is 99.3 Å². The summed E-state index contributed by atoms with van der Waals surface area (Å²) in [5, 5.41) is 11.4. The lowest BCUT2D eigenvalue weighted by Crippen LogP contribution is -2.12. The number of phenols is 1. The molecule has 0 amide bonds. The van der Waals surface area contributed by atoms with Gasteiger partial charge in [0.15, 0.2) is 0 Å². The van der Waals surface area contributed by atoms with Gasteiger partial charge >= 0.3 is 0 Å². The molecule has 0 spiro atoms. The van der Waals surface area contributed by atoms with E-state index in [9.17, 15) is 18.3 Å². The summed E-state index contributed by atoms with van der Waals surface area (Å²) in [7, 11) is -3.35. The summed E-state index contributed by atoms with van der Waals surface area (Å²) in [5.41, 5.74) is 4.29. The molecule has 0 radical (unpaired) electrons. The van der Waals surface area contributed by atoms with Crippen molar-refractivity contribution in [2.75, 3.05) is 11.0 Å². The van der Waals surface area contributed by atoms with E-state index in [4.69, 9.17) is 0 Å². The highest BCUT2D eigenvalue weighted by atomic mass is 32.2. The lowest BCUT2D eigenvalue weighted by atomic mass is 9.94. The Bertz CT molecular complexity index is 1180. The van der Waals surface area contributed by atoms with Crippen LogP contribution in [0.4, 0.5) is 5.69 Å². The average Bonchev–Trinajstić information content (AvgIpc) is 3.05. The number of benzene rings is 2. The van der Waals surface area contributed by atoms with Gasteiger partial charge in [0.05, 0.1) is 6.26 Å². The predicted octanol–water partition coefficient (Wildman–Crippen LogP) is 2.76. The Labute approximate surface area is 150 Å². The number of aromatic hydroxyl groups is 1. The normalized spacial score (nSPS) is 13.7. The van der Waals surface area contributed by atoms with Crippen molar-refractivity contribution >= 4 is 26.6 Å². The summed E-state index contributed by atoms with van der Waals surface area (Å²) in [4.78, 5) is 15.2. The molecular weight excluding hydrogens is 352 g/mol. The fourth-order valence-electron chi connectivity index (χ4n) is 3.69. The highest BCUT2D eigenvalue weighted by Crippen LogP contribution is 2.40. The van der Waals surface area contributed by atoms with Gasteiger partial charge in [-0.1, -0.05) is 12.1 Å². The minimum absolute atomic E-state index is 0.0608. The quantitative estimate of drug-likeness (QED) is 0.660. The van der Waals surface area contributed by atoms with Crippen LogP contribution < -0.4 is 10.3 Å². The summed E-state index contributed by atoms with van der Waals surface area (Å²) in [6.45, 7) is 0. The molecule has 1 heterocycles. The van der Waals surface area contributed by atoms with Gasteiger partial charge in [-0.05, 0) is 54.7 Å². The smallest absolute Gasteiger partial charge is 0.251 e. The lowest BCUT2D eigenvalue weighted by molar-refractivity contribution is 0.478. The van der Waals surface area contributed by atoms with Gasteiger partial charge in [-0.2, -0.15) is 0 Å². The number of fused-ring (bicyclic) bond motifs is 3. The van der Waals surface area contributed by atoms with Gasteiger partial charge in [-0.15, -0.1) is 0 Å². The van der Waals surface area contributed by atoms with Crippen LogP contribution in [0.15, 0.2) is 41.2 Å². The molecule has 134 valence electrons. The van der Waals surface area contributed by atoms with Crippen LogP contribution in [-0.2, 0) is 22.9 Å². The predicted molar refractivity (Wildman–Crippen MR) is 102 cm³/mol. The molecule has 26 heavy (non-hydrogen) atoms. The minimum atomic E-state index is -3.35. The number of aromatic amines is 1. The zero-order valence-corrected chi connectivity index (χ0v) is 15.0. The minimum Gasteiger partial charge on any atom is -0.507 e. The fourth-order valence-corrected chi connectivity index (χ4v) is 4.25. The molecule has 6 nitrogen and oxygen atoms in total. The van der Waals surface area contributed by atoms with Crippen molar-refractivity contribution in [3.05, 3.63) is 57.9 Å². The molecule has 0 saturated heterocycles. The van der Waals surface area contributed by atoms with E-state index in [1.54, 1.807) is 36.4 Å². The zero-order valence-electron chi connectivity index (χ0n) is 14.2. The molecule has 0 bridgehead atoms. The van der Waals surface area contributed by atoms with E-state index >= 15 is 0 Å². The second-order valence-electron chi connectivity index (χ2n) is 6.60. The fraction of sp³-hybridized carbons (Fsp3) is 0.211. The molecule has 1 aliphatic carbocycles. The molecular formula is C19H18N2O4S. The summed E-state index contributed by atoms with van der Waals surface area (Å²) in [5.74, 6) is 0.127. The van der Waals surface area contributed by atoms with Gasteiger partial charge in [0.1, 0.15) is 5.75 Å². The third kappa shape index (κ3) is 2.84. The van der Waals surface area contributed by atoms with Gasteiger partial charge in [-0.25, -0.2) is 8.42 Å². The van der Waals surface area contributed by atoms with Crippen LogP contribution in [-0.4, -0.2) is 24.8 Å². The Balaban J connectivity index is 1.93. The lowest BCUT2D eigenvalue weighted by Gasteiger charge is -2.14. The van der Waals surface area contributed by atoms with Gasteiger partial charge in [0, 0.05) is 27.7 Å². The number of nitrogens with one attached hydrogen (secondary N) is 2. The van der Waals surface area contributed by atoms with Gasteiger partial charge < -0.3 is 10.1 Å². The van der Waals surface area contributed by atoms with Crippen LogP contribution >= 0.6 is 0 Å². The molecule has 0 unspecified atom stereocenters. The van der Waals surface area contributed by atoms with Crippen molar-refractivity contribution in [1.29, 1.82) is 0 Å². The maximum Gasteiger partial charge on any atom is 0.251 e. The second kappa shape index (κ2) is 5.88. The number of H-pyrrole nitrogens is 1. The molecule has 0 aliphatic heterocycles. The Hall–Kier alpha value is -2.80. The number of anilines is 1. The largest absolute Gasteiger partial charge is 0.507 e. The molecule has 4 rings (SSSR count). The van der Waals surface area contributed by atoms with E-state index in [1.165, 1.54) is 0 Å². The van der Waals surface area contributed by atoms with Crippen molar-refractivity contribution in [3.8, 4) is 16.9 Å². The first-order valence-electron chi connectivity index (χ1n) is 8.31. The van der Waals surface area contributed by atoms with E-state index in [0.29, 0.717) is 16.8 Å². The summed E-state index contributed by atoms with van der Waals surface area (Å²) >= 11 is 0. The second-order valence-corrected chi connectivity index (χ2v) is 8.35. The van der Waals surface area contributed by atoms with Crippen LogP contribution in [0, 0.1) is 0 Å². The summed E-state index contributed by atoms with van der Waals surface area (Å²) in [6.07, 6.45) is 3.56. The molecule has 1 aliphatic rings. The molecule has 7 heteroatoms. The number of rotatable bonds is 3. The van der Waals surface area contributed by atoms with Crippen LogP contribution in [0.3, 0.4) is 0 Å². The first kappa shape index (κ1) is 16.7. The monoisotopic (exact) mass is 370 g/mol. The van der Waals surface area contributed by atoms with Crippen molar-refractivity contribution < 1.29 is 13.5 Å². The van der Waals surface area contributed by atoms with E-state index in [-0.39, 0.29) is 11.3 Å². The van der Waals surface area contributed by atoms with Crippen LogP contribution in [0.5, 0.6) is 5.75 Å². The van der Waals surface area contributed by atoms with E-state index in [1.807, 2.05) is 0 Å². The van der Waals surface area contributed by atoms with Crippen LogP contribution in [0.25, 0.3) is 22.0 Å². The maximum atomic E-state index is 12.3. The van der Waals surface area contributed by atoms with Crippen molar-refractivity contribution in [1.82, 2.24) is 4.98 Å². The van der Waals surface area contributed by atoms with Gasteiger partial charge in [0.2, 0.25) is 10.0 Å².